The second-order valence-corrected chi connectivity index (χ2v) is 9.06. The van der Waals surface area contributed by atoms with Crippen LogP contribution >= 0.6 is 0 Å². The predicted molar refractivity (Wildman–Crippen MR) is 149 cm³/mol. The molecule has 1 saturated heterocycles. The first-order chi connectivity index (χ1) is 18.1. The molecular formula is C31H31N3O3. The fourth-order valence-corrected chi connectivity index (χ4v) is 4.27. The lowest BCUT2D eigenvalue weighted by atomic mass is 10.1. The summed E-state index contributed by atoms with van der Waals surface area (Å²) in [4.78, 5) is 15.4. The van der Waals surface area contributed by atoms with Crippen LogP contribution in [0, 0.1) is 6.92 Å². The van der Waals surface area contributed by atoms with Crippen molar-refractivity contribution in [3.8, 4) is 5.75 Å². The molecule has 1 heterocycles. The molecule has 1 aliphatic rings. The molecule has 0 atom stereocenters. The summed E-state index contributed by atoms with van der Waals surface area (Å²) in [5.74, 6) is 0.475. The topological polar surface area (TPSA) is 62.8 Å². The van der Waals surface area contributed by atoms with Crippen LogP contribution in [0.2, 0.25) is 0 Å². The van der Waals surface area contributed by atoms with Crippen LogP contribution in [0.5, 0.6) is 5.75 Å². The summed E-state index contributed by atoms with van der Waals surface area (Å²) in [6.07, 6.45) is 0. The van der Waals surface area contributed by atoms with Gasteiger partial charge in [-0.2, -0.15) is 0 Å². The van der Waals surface area contributed by atoms with Gasteiger partial charge in [0.2, 0.25) is 0 Å². The number of hydrogen-bond acceptors (Lipinski definition) is 5. The molecule has 4 aromatic rings. The standard InChI is InChI=1S/C31H31N3O3/c1-23-13-14-27(32-26-10-6-11-28(20-26)34-15-17-36-18-16-34)21-30(23)33-31(35)25-9-5-12-29(19-25)37-22-24-7-3-2-4-8-24/h2-14,19-21,32H,15-18,22H2,1H3,(H,33,35). The molecule has 5 rings (SSSR count). The molecule has 0 spiro atoms. The molecule has 1 aliphatic heterocycles. The van der Waals surface area contributed by atoms with Gasteiger partial charge in [-0.05, 0) is 66.6 Å². The molecule has 0 unspecified atom stereocenters. The zero-order chi connectivity index (χ0) is 25.5. The maximum Gasteiger partial charge on any atom is 0.255 e. The van der Waals surface area contributed by atoms with E-state index in [1.54, 1.807) is 12.1 Å². The third kappa shape index (κ3) is 6.48. The van der Waals surface area contributed by atoms with Crippen molar-refractivity contribution in [3.63, 3.8) is 0 Å². The van der Waals surface area contributed by atoms with E-state index in [2.05, 4.69) is 33.7 Å². The third-order valence-electron chi connectivity index (χ3n) is 6.34. The van der Waals surface area contributed by atoms with Gasteiger partial charge in [-0.3, -0.25) is 4.79 Å². The number of morpholine rings is 1. The lowest BCUT2D eigenvalue weighted by molar-refractivity contribution is 0.102. The Hall–Kier alpha value is -4.29. The number of anilines is 4. The van der Waals surface area contributed by atoms with Gasteiger partial charge in [-0.25, -0.2) is 0 Å². The van der Waals surface area contributed by atoms with E-state index in [-0.39, 0.29) is 5.91 Å². The summed E-state index contributed by atoms with van der Waals surface area (Å²) in [6, 6.07) is 31.6. The molecule has 0 radical (unpaired) electrons. The van der Waals surface area contributed by atoms with Gasteiger partial charge < -0.3 is 25.0 Å². The van der Waals surface area contributed by atoms with Gasteiger partial charge in [0.15, 0.2) is 0 Å². The highest BCUT2D eigenvalue weighted by molar-refractivity contribution is 6.05. The van der Waals surface area contributed by atoms with Crippen molar-refractivity contribution in [2.45, 2.75) is 13.5 Å². The minimum Gasteiger partial charge on any atom is -0.489 e. The quantitative estimate of drug-likeness (QED) is 0.297. The first-order valence-electron chi connectivity index (χ1n) is 12.5. The Labute approximate surface area is 217 Å². The molecule has 4 aromatic carbocycles. The van der Waals surface area contributed by atoms with E-state index in [0.717, 1.165) is 54.5 Å². The number of amides is 1. The van der Waals surface area contributed by atoms with Crippen LogP contribution in [0.4, 0.5) is 22.7 Å². The third-order valence-corrected chi connectivity index (χ3v) is 6.34. The van der Waals surface area contributed by atoms with Crippen LogP contribution in [-0.2, 0) is 11.3 Å². The maximum atomic E-state index is 13.1. The number of rotatable bonds is 8. The van der Waals surface area contributed by atoms with Gasteiger partial charge in [0, 0.05) is 41.4 Å². The number of carbonyl (C=O) groups is 1. The van der Waals surface area contributed by atoms with E-state index in [9.17, 15) is 4.79 Å². The highest BCUT2D eigenvalue weighted by Gasteiger charge is 2.13. The van der Waals surface area contributed by atoms with Crippen LogP contribution in [0.25, 0.3) is 0 Å². The predicted octanol–water partition coefficient (Wildman–Crippen LogP) is 6.41. The Bertz CT molecular complexity index is 1350. The average molecular weight is 494 g/mol. The number of aryl methyl sites for hydroxylation is 1. The molecule has 6 heteroatoms. The lowest BCUT2D eigenvalue weighted by Gasteiger charge is -2.29. The Morgan fingerprint density at radius 3 is 2.49 bits per heavy atom. The number of nitrogens with zero attached hydrogens (tertiary/aromatic N) is 1. The molecule has 0 aliphatic carbocycles. The van der Waals surface area contributed by atoms with Crippen LogP contribution in [0.15, 0.2) is 97.1 Å². The van der Waals surface area contributed by atoms with Gasteiger partial charge >= 0.3 is 0 Å². The summed E-state index contributed by atoms with van der Waals surface area (Å²) in [5, 5.41) is 6.54. The molecule has 188 valence electrons. The number of hydrogen-bond donors (Lipinski definition) is 2. The molecule has 0 saturated carbocycles. The molecular weight excluding hydrogens is 462 g/mol. The van der Waals surface area contributed by atoms with Crippen molar-refractivity contribution in [1.82, 2.24) is 0 Å². The van der Waals surface area contributed by atoms with Crippen molar-refractivity contribution in [1.29, 1.82) is 0 Å². The molecule has 1 fully saturated rings. The van der Waals surface area contributed by atoms with Gasteiger partial charge in [-0.15, -0.1) is 0 Å². The van der Waals surface area contributed by atoms with E-state index < -0.39 is 0 Å². The van der Waals surface area contributed by atoms with Crippen LogP contribution in [0.1, 0.15) is 21.5 Å². The smallest absolute Gasteiger partial charge is 0.255 e. The number of nitrogens with one attached hydrogen (secondary N) is 2. The van der Waals surface area contributed by atoms with Crippen molar-refractivity contribution in [2.75, 3.05) is 41.8 Å². The normalized spacial score (nSPS) is 13.2. The fourth-order valence-electron chi connectivity index (χ4n) is 4.27. The summed E-state index contributed by atoms with van der Waals surface area (Å²) in [5.41, 5.74) is 6.43. The molecule has 2 N–H and O–H groups in total. The van der Waals surface area contributed by atoms with Crippen molar-refractivity contribution >= 4 is 28.7 Å². The van der Waals surface area contributed by atoms with Gasteiger partial charge in [0.05, 0.1) is 13.2 Å². The number of carbonyl (C=O) groups excluding carboxylic acids is 1. The van der Waals surface area contributed by atoms with Crippen LogP contribution in [0.3, 0.4) is 0 Å². The fraction of sp³-hybridized carbons (Fsp3) is 0.194. The number of benzene rings is 4. The monoisotopic (exact) mass is 493 g/mol. The van der Waals surface area contributed by atoms with Gasteiger partial charge in [-0.1, -0.05) is 48.5 Å². The first-order valence-corrected chi connectivity index (χ1v) is 12.5. The molecule has 1 amide bonds. The van der Waals surface area contributed by atoms with Crippen molar-refractivity contribution in [2.24, 2.45) is 0 Å². The summed E-state index contributed by atoms with van der Waals surface area (Å²) in [6.45, 7) is 5.72. The van der Waals surface area contributed by atoms with Crippen LogP contribution in [-0.4, -0.2) is 32.2 Å². The van der Waals surface area contributed by atoms with Crippen molar-refractivity contribution in [3.05, 3.63) is 114 Å². The average Bonchev–Trinajstić information content (AvgIpc) is 2.95. The minimum atomic E-state index is -0.181. The Balaban J connectivity index is 1.25. The molecule has 37 heavy (non-hydrogen) atoms. The lowest BCUT2D eigenvalue weighted by Crippen LogP contribution is -2.36. The summed E-state index contributed by atoms with van der Waals surface area (Å²) in [7, 11) is 0. The van der Waals surface area contributed by atoms with E-state index in [4.69, 9.17) is 9.47 Å². The summed E-state index contributed by atoms with van der Waals surface area (Å²) >= 11 is 0. The van der Waals surface area contributed by atoms with E-state index in [0.29, 0.717) is 17.9 Å². The van der Waals surface area contributed by atoms with E-state index in [1.165, 1.54) is 5.69 Å². The zero-order valence-corrected chi connectivity index (χ0v) is 20.9. The SMILES string of the molecule is Cc1ccc(Nc2cccc(N3CCOCC3)c2)cc1NC(=O)c1cccc(OCc2ccccc2)c1. The second-order valence-electron chi connectivity index (χ2n) is 9.06. The second kappa shape index (κ2) is 11.6. The highest BCUT2D eigenvalue weighted by Crippen LogP contribution is 2.27. The van der Waals surface area contributed by atoms with Gasteiger partial charge in [0.1, 0.15) is 12.4 Å². The highest BCUT2D eigenvalue weighted by atomic mass is 16.5. The zero-order valence-electron chi connectivity index (χ0n) is 20.9. The summed E-state index contributed by atoms with van der Waals surface area (Å²) < 4.78 is 11.4. The Morgan fingerprint density at radius 2 is 1.65 bits per heavy atom. The van der Waals surface area contributed by atoms with Crippen molar-refractivity contribution < 1.29 is 14.3 Å². The molecule has 6 nitrogen and oxygen atoms in total. The molecule has 0 aromatic heterocycles. The minimum absolute atomic E-state index is 0.181. The maximum absolute atomic E-state index is 13.1. The van der Waals surface area contributed by atoms with E-state index >= 15 is 0 Å². The Kier molecular flexibility index (Phi) is 7.67. The van der Waals surface area contributed by atoms with Crippen LogP contribution < -0.4 is 20.3 Å². The van der Waals surface area contributed by atoms with E-state index in [1.807, 2.05) is 73.7 Å². The first kappa shape index (κ1) is 24.4. The number of ether oxygens (including phenoxy) is 2. The van der Waals surface area contributed by atoms with Gasteiger partial charge in [0.25, 0.3) is 5.91 Å². The molecule has 0 bridgehead atoms. The Morgan fingerprint density at radius 1 is 0.865 bits per heavy atom. The largest absolute Gasteiger partial charge is 0.489 e.